The summed E-state index contributed by atoms with van der Waals surface area (Å²) in [6.07, 6.45) is 19.9. The SMILES string of the molecule is C1CCCCCC2CCC(CCCC1)C2. The molecule has 0 N–H and O–H groups in total. The van der Waals surface area contributed by atoms with Crippen LogP contribution in [0.4, 0.5) is 0 Å². The van der Waals surface area contributed by atoms with Crippen LogP contribution >= 0.6 is 0 Å². The first-order valence-corrected chi connectivity index (χ1v) is 7.45. The fraction of sp³-hybridized carbons (Fsp3) is 1.00. The summed E-state index contributed by atoms with van der Waals surface area (Å²) in [7, 11) is 0. The molecule has 2 atom stereocenters. The lowest BCUT2D eigenvalue weighted by molar-refractivity contribution is 0.423. The van der Waals surface area contributed by atoms with Gasteiger partial charge in [0.1, 0.15) is 0 Å². The highest BCUT2D eigenvalue weighted by Gasteiger charge is 2.23. The molecule has 0 spiro atoms. The van der Waals surface area contributed by atoms with Crippen LogP contribution in [-0.2, 0) is 0 Å². The predicted molar refractivity (Wildman–Crippen MR) is 67.0 cm³/mol. The lowest BCUT2D eigenvalue weighted by Gasteiger charge is -2.10. The quantitative estimate of drug-likeness (QED) is 0.505. The van der Waals surface area contributed by atoms with E-state index in [9.17, 15) is 0 Å². The van der Waals surface area contributed by atoms with Gasteiger partial charge in [-0.2, -0.15) is 0 Å². The van der Waals surface area contributed by atoms with E-state index < -0.39 is 0 Å². The van der Waals surface area contributed by atoms with Crippen LogP contribution in [-0.4, -0.2) is 0 Å². The Morgan fingerprint density at radius 2 is 0.800 bits per heavy atom. The second kappa shape index (κ2) is 6.55. The molecule has 88 valence electrons. The van der Waals surface area contributed by atoms with E-state index in [-0.39, 0.29) is 0 Å². The first-order chi connectivity index (χ1) is 7.45. The molecule has 0 radical (unpaired) electrons. The number of fused-ring (bicyclic) bond motifs is 2. The maximum absolute atomic E-state index is 1.58. The zero-order valence-electron chi connectivity index (χ0n) is 10.3. The molecule has 0 heteroatoms. The van der Waals surface area contributed by atoms with Crippen molar-refractivity contribution in [3.05, 3.63) is 0 Å². The van der Waals surface area contributed by atoms with E-state index in [0.29, 0.717) is 0 Å². The zero-order valence-corrected chi connectivity index (χ0v) is 10.3. The Morgan fingerprint density at radius 1 is 0.400 bits per heavy atom. The fourth-order valence-corrected chi connectivity index (χ4v) is 3.63. The van der Waals surface area contributed by atoms with Crippen molar-refractivity contribution in [1.82, 2.24) is 0 Å². The minimum absolute atomic E-state index is 1.12. The molecule has 2 rings (SSSR count). The standard InChI is InChI=1S/C15H28/c1-2-4-6-8-10-15-12-11-14(13-15)9-7-5-3-1/h14-15H,1-13H2. The fourth-order valence-electron chi connectivity index (χ4n) is 3.63. The van der Waals surface area contributed by atoms with Crippen LogP contribution in [0.25, 0.3) is 0 Å². The van der Waals surface area contributed by atoms with Gasteiger partial charge in [0.25, 0.3) is 0 Å². The molecular weight excluding hydrogens is 180 g/mol. The summed E-state index contributed by atoms with van der Waals surface area (Å²) < 4.78 is 0. The normalized spacial score (nSPS) is 35.2. The Hall–Kier alpha value is 0. The van der Waals surface area contributed by atoms with E-state index in [2.05, 4.69) is 0 Å². The summed E-state index contributed by atoms with van der Waals surface area (Å²) in [6, 6.07) is 0. The molecule has 0 aromatic rings. The Balaban J connectivity index is 1.73. The molecule has 2 unspecified atom stereocenters. The lowest BCUT2D eigenvalue weighted by atomic mass is 9.96. The molecule has 0 aromatic heterocycles. The molecule has 0 amide bonds. The predicted octanol–water partition coefficient (Wildman–Crippen LogP) is 5.32. The van der Waals surface area contributed by atoms with Gasteiger partial charge in [0.2, 0.25) is 0 Å². The second-order valence-electron chi connectivity index (χ2n) is 5.95. The number of rotatable bonds is 0. The van der Waals surface area contributed by atoms with Gasteiger partial charge in [-0.1, -0.05) is 77.0 Å². The summed E-state index contributed by atoms with van der Waals surface area (Å²) in [5.74, 6) is 2.24. The van der Waals surface area contributed by atoms with Gasteiger partial charge >= 0.3 is 0 Å². The smallest absolute Gasteiger partial charge is 0.0412 e. The molecule has 0 heterocycles. The average molecular weight is 208 g/mol. The maximum Gasteiger partial charge on any atom is -0.0412 e. The topological polar surface area (TPSA) is 0 Å². The van der Waals surface area contributed by atoms with Crippen molar-refractivity contribution < 1.29 is 0 Å². The van der Waals surface area contributed by atoms with Crippen molar-refractivity contribution in [2.45, 2.75) is 83.5 Å². The Kier molecular flexibility index (Phi) is 5.02. The molecule has 2 aliphatic carbocycles. The van der Waals surface area contributed by atoms with Crippen molar-refractivity contribution in [3.8, 4) is 0 Å². The molecular formula is C15H28. The van der Waals surface area contributed by atoms with Crippen molar-refractivity contribution in [1.29, 1.82) is 0 Å². The third-order valence-electron chi connectivity index (χ3n) is 4.62. The lowest BCUT2D eigenvalue weighted by Crippen LogP contribution is -1.97. The minimum Gasteiger partial charge on any atom is -0.0533 e. The molecule has 0 aromatic carbocycles. The van der Waals surface area contributed by atoms with E-state index in [1.807, 2.05) is 0 Å². The summed E-state index contributed by atoms with van der Waals surface area (Å²) in [4.78, 5) is 0. The van der Waals surface area contributed by atoms with Crippen molar-refractivity contribution >= 4 is 0 Å². The molecule has 2 aliphatic rings. The monoisotopic (exact) mass is 208 g/mol. The molecule has 0 nitrogen and oxygen atoms in total. The van der Waals surface area contributed by atoms with E-state index in [4.69, 9.17) is 0 Å². The van der Waals surface area contributed by atoms with Gasteiger partial charge in [-0.3, -0.25) is 0 Å². The Bertz CT molecular complexity index is 143. The number of hydrogen-bond acceptors (Lipinski definition) is 0. The summed E-state index contributed by atoms with van der Waals surface area (Å²) >= 11 is 0. The van der Waals surface area contributed by atoms with Crippen LogP contribution in [0, 0.1) is 11.8 Å². The van der Waals surface area contributed by atoms with Crippen LogP contribution in [0.2, 0.25) is 0 Å². The van der Waals surface area contributed by atoms with Gasteiger partial charge < -0.3 is 0 Å². The summed E-state index contributed by atoms with van der Waals surface area (Å²) in [5, 5.41) is 0. The van der Waals surface area contributed by atoms with Gasteiger partial charge in [-0.05, 0) is 18.3 Å². The van der Waals surface area contributed by atoms with Gasteiger partial charge in [0, 0.05) is 0 Å². The highest BCUT2D eigenvalue weighted by molar-refractivity contribution is 4.75. The highest BCUT2D eigenvalue weighted by atomic mass is 14.3. The third-order valence-corrected chi connectivity index (χ3v) is 4.62. The van der Waals surface area contributed by atoms with E-state index >= 15 is 0 Å². The first-order valence-electron chi connectivity index (χ1n) is 7.45. The van der Waals surface area contributed by atoms with Crippen LogP contribution in [0.15, 0.2) is 0 Å². The Labute approximate surface area is 95.8 Å². The molecule has 15 heavy (non-hydrogen) atoms. The minimum atomic E-state index is 1.12. The largest absolute Gasteiger partial charge is 0.0533 e. The van der Waals surface area contributed by atoms with E-state index in [1.54, 1.807) is 32.1 Å². The highest BCUT2D eigenvalue weighted by Crippen LogP contribution is 2.37. The van der Waals surface area contributed by atoms with Gasteiger partial charge in [0.05, 0.1) is 0 Å². The van der Waals surface area contributed by atoms with Gasteiger partial charge in [0.15, 0.2) is 0 Å². The molecule has 0 aliphatic heterocycles. The molecule has 0 saturated heterocycles. The zero-order chi connectivity index (χ0) is 10.3. The first kappa shape index (κ1) is 11.5. The number of hydrogen-bond donors (Lipinski definition) is 0. The summed E-state index contributed by atoms with van der Waals surface area (Å²) in [6.45, 7) is 0. The van der Waals surface area contributed by atoms with E-state index in [1.165, 1.54) is 51.4 Å². The maximum atomic E-state index is 1.58. The molecule has 2 bridgehead atoms. The Morgan fingerprint density at radius 3 is 1.27 bits per heavy atom. The average Bonchev–Trinajstić information content (AvgIpc) is 2.69. The molecule has 2 fully saturated rings. The van der Waals surface area contributed by atoms with Crippen LogP contribution in [0.3, 0.4) is 0 Å². The molecule has 2 saturated carbocycles. The van der Waals surface area contributed by atoms with Gasteiger partial charge in [-0.25, -0.2) is 0 Å². The third kappa shape index (κ3) is 4.17. The van der Waals surface area contributed by atoms with Crippen LogP contribution in [0.1, 0.15) is 83.5 Å². The van der Waals surface area contributed by atoms with E-state index in [0.717, 1.165) is 11.8 Å². The van der Waals surface area contributed by atoms with Crippen LogP contribution in [0.5, 0.6) is 0 Å². The van der Waals surface area contributed by atoms with Crippen molar-refractivity contribution in [3.63, 3.8) is 0 Å². The summed E-state index contributed by atoms with van der Waals surface area (Å²) in [5.41, 5.74) is 0. The second-order valence-corrected chi connectivity index (χ2v) is 5.95. The van der Waals surface area contributed by atoms with Crippen molar-refractivity contribution in [2.75, 3.05) is 0 Å². The van der Waals surface area contributed by atoms with Crippen LogP contribution < -0.4 is 0 Å². The van der Waals surface area contributed by atoms with Crippen molar-refractivity contribution in [2.24, 2.45) is 11.8 Å². The van der Waals surface area contributed by atoms with Gasteiger partial charge in [-0.15, -0.1) is 0 Å².